The quantitative estimate of drug-likeness (QED) is 0.482. The molecule has 1 aromatic carbocycles. The summed E-state index contributed by atoms with van der Waals surface area (Å²) in [7, 11) is 0. The number of tetrazole rings is 1. The van der Waals surface area contributed by atoms with Crippen LogP contribution in [0, 0.1) is 0 Å². The molecule has 0 atom stereocenters. The van der Waals surface area contributed by atoms with E-state index in [4.69, 9.17) is 0 Å². The van der Waals surface area contributed by atoms with Crippen LogP contribution in [0.1, 0.15) is 29.2 Å². The van der Waals surface area contributed by atoms with Gasteiger partial charge in [0, 0.05) is 5.56 Å². The van der Waals surface area contributed by atoms with Gasteiger partial charge in [-0.2, -0.15) is 4.68 Å². The number of amides is 1. The lowest BCUT2D eigenvalue weighted by molar-refractivity contribution is -0.113. The predicted octanol–water partition coefficient (Wildman–Crippen LogP) is 2.01. The van der Waals surface area contributed by atoms with Crippen LogP contribution in [0.2, 0.25) is 0 Å². The second kappa shape index (κ2) is 8.15. The highest BCUT2D eigenvalue weighted by Crippen LogP contribution is 2.20. The van der Waals surface area contributed by atoms with Gasteiger partial charge in [0.15, 0.2) is 5.78 Å². The largest absolute Gasteiger partial charge is 0.300 e. The number of carbonyl (C=O) groups is 2. The maximum Gasteiger partial charge on any atom is 0.236 e. The van der Waals surface area contributed by atoms with Gasteiger partial charge >= 0.3 is 0 Å². The van der Waals surface area contributed by atoms with E-state index in [0.717, 1.165) is 11.4 Å². The van der Waals surface area contributed by atoms with Crippen LogP contribution in [0.15, 0.2) is 29.4 Å². The van der Waals surface area contributed by atoms with E-state index in [1.807, 2.05) is 6.92 Å². The Kier molecular flexibility index (Phi) is 5.68. The highest BCUT2D eigenvalue weighted by atomic mass is 32.2. The van der Waals surface area contributed by atoms with Crippen molar-refractivity contribution in [3.05, 3.63) is 34.8 Å². The SMILES string of the molecule is CCc1nnc(NC(=O)CSc2nnnn2-c2ccc(C(C)=O)cc2)s1. The fourth-order valence-electron chi connectivity index (χ4n) is 2.00. The van der Waals surface area contributed by atoms with E-state index in [9.17, 15) is 9.59 Å². The molecular weight excluding hydrogens is 374 g/mol. The third kappa shape index (κ3) is 4.29. The van der Waals surface area contributed by atoms with Crippen LogP contribution < -0.4 is 5.32 Å². The fraction of sp³-hybridized carbons (Fsp3) is 0.267. The molecule has 2 aromatic heterocycles. The second-order valence-electron chi connectivity index (χ2n) is 5.17. The molecular formula is C15H15N7O2S2. The molecule has 1 amide bonds. The Hall–Kier alpha value is -2.66. The molecule has 0 saturated heterocycles. The van der Waals surface area contributed by atoms with Gasteiger partial charge in [-0.25, -0.2) is 0 Å². The molecule has 0 fully saturated rings. The standard InChI is InChI=1S/C15H15N7O2S2/c1-3-13-17-18-14(26-13)16-12(24)8-25-15-19-20-21-22(15)11-6-4-10(5-7-11)9(2)23/h4-7H,3,8H2,1-2H3,(H,16,18,24). The first-order chi connectivity index (χ1) is 12.6. The van der Waals surface area contributed by atoms with Crippen molar-refractivity contribution in [2.24, 2.45) is 0 Å². The van der Waals surface area contributed by atoms with Gasteiger partial charge in [0.2, 0.25) is 16.2 Å². The maximum atomic E-state index is 12.1. The number of hydrogen-bond donors (Lipinski definition) is 1. The van der Waals surface area contributed by atoms with Gasteiger partial charge in [-0.1, -0.05) is 30.0 Å². The van der Waals surface area contributed by atoms with Gasteiger partial charge in [-0.05, 0) is 48.0 Å². The van der Waals surface area contributed by atoms with E-state index in [1.165, 1.54) is 34.7 Å². The molecule has 0 saturated carbocycles. The number of Topliss-reactive ketones (excluding diaryl/α,β-unsaturated/α-hetero) is 1. The third-order valence-corrected chi connectivity index (χ3v) is 5.21. The summed E-state index contributed by atoms with van der Waals surface area (Å²) in [5, 5.41) is 23.9. The number of thioether (sulfide) groups is 1. The van der Waals surface area contributed by atoms with Gasteiger partial charge in [-0.15, -0.1) is 15.3 Å². The average Bonchev–Trinajstić information content (AvgIpc) is 3.29. The Balaban J connectivity index is 1.63. The van der Waals surface area contributed by atoms with Crippen LogP contribution in [-0.4, -0.2) is 47.8 Å². The molecule has 0 radical (unpaired) electrons. The summed E-state index contributed by atoms with van der Waals surface area (Å²) < 4.78 is 1.52. The Bertz CT molecular complexity index is 920. The Morgan fingerprint density at radius 3 is 2.62 bits per heavy atom. The van der Waals surface area contributed by atoms with Crippen molar-refractivity contribution in [3.63, 3.8) is 0 Å². The molecule has 0 spiro atoms. The first kappa shape index (κ1) is 18.1. The van der Waals surface area contributed by atoms with Gasteiger partial charge in [0.05, 0.1) is 11.4 Å². The van der Waals surface area contributed by atoms with Gasteiger partial charge < -0.3 is 0 Å². The van der Waals surface area contributed by atoms with Crippen LogP contribution >= 0.6 is 23.1 Å². The Morgan fingerprint density at radius 1 is 1.19 bits per heavy atom. The van der Waals surface area contributed by atoms with Crippen LogP contribution in [-0.2, 0) is 11.2 Å². The van der Waals surface area contributed by atoms with E-state index in [1.54, 1.807) is 24.3 Å². The summed E-state index contributed by atoms with van der Waals surface area (Å²) in [4.78, 5) is 23.4. The molecule has 26 heavy (non-hydrogen) atoms. The number of aryl methyl sites for hydroxylation is 1. The number of rotatable bonds is 7. The molecule has 0 aliphatic carbocycles. The number of nitrogens with zero attached hydrogens (tertiary/aromatic N) is 6. The van der Waals surface area contributed by atoms with Gasteiger partial charge in [0.1, 0.15) is 5.01 Å². The summed E-state index contributed by atoms with van der Waals surface area (Å²) >= 11 is 2.55. The minimum absolute atomic E-state index is 0.0116. The van der Waals surface area contributed by atoms with Crippen molar-refractivity contribution in [1.82, 2.24) is 30.4 Å². The minimum Gasteiger partial charge on any atom is -0.300 e. The molecule has 3 aromatic rings. The van der Waals surface area contributed by atoms with Crippen molar-refractivity contribution >= 4 is 39.9 Å². The lowest BCUT2D eigenvalue weighted by atomic mass is 10.1. The lowest BCUT2D eigenvalue weighted by Crippen LogP contribution is -2.14. The van der Waals surface area contributed by atoms with Crippen LogP contribution in [0.4, 0.5) is 5.13 Å². The van der Waals surface area contributed by atoms with Crippen molar-refractivity contribution in [1.29, 1.82) is 0 Å². The first-order valence-corrected chi connectivity index (χ1v) is 9.52. The first-order valence-electron chi connectivity index (χ1n) is 7.71. The molecule has 0 bridgehead atoms. The summed E-state index contributed by atoms with van der Waals surface area (Å²) in [5.74, 6) is -0.0924. The molecule has 0 aliphatic rings. The van der Waals surface area contributed by atoms with Crippen LogP contribution in [0.3, 0.4) is 0 Å². The predicted molar refractivity (Wildman–Crippen MR) is 97.8 cm³/mol. The van der Waals surface area contributed by atoms with E-state index in [-0.39, 0.29) is 17.4 Å². The van der Waals surface area contributed by atoms with Crippen LogP contribution in [0.5, 0.6) is 0 Å². The molecule has 2 heterocycles. The molecule has 1 N–H and O–H groups in total. The fourth-order valence-corrected chi connectivity index (χ4v) is 3.39. The normalized spacial score (nSPS) is 10.7. The molecule has 134 valence electrons. The highest BCUT2D eigenvalue weighted by Gasteiger charge is 2.13. The third-order valence-electron chi connectivity index (χ3n) is 3.31. The zero-order valence-corrected chi connectivity index (χ0v) is 15.7. The Morgan fingerprint density at radius 2 is 1.96 bits per heavy atom. The van der Waals surface area contributed by atoms with E-state index < -0.39 is 0 Å². The van der Waals surface area contributed by atoms with Crippen molar-refractivity contribution < 1.29 is 9.59 Å². The van der Waals surface area contributed by atoms with Gasteiger partial charge in [0.25, 0.3) is 0 Å². The average molecular weight is 389 g/mol. The molecule has 0 unspecified atom stereocenters. The summed E-state index contributed by atoms with van der Waals surface area (Å²) in [6, 6.07) is 6.93. The summed E-state index contributed by atoms with van der Waals surface area (Å²) in [6.07, 6.45) is 0.777. The summed E-state index contributed by atoms with van der Waals surface area (Å²) in [5.41, 5.74) is 1.32. The molecule has 0 aliphatic heterocycles. The zero-order valence-electron chi connectivity index (χ0n) is 14.0. The van der Waals surface area contributed by atoms with Gasteiger partial charge in [-0.3, -0.25) is 14.9 Å². The highest BCUT2D eigenvalue weighted by molar-refractivity contribution is 7.99. The minimum atomic E-state index is -0.213. The number of ketones is 1. The number of carbonyl (C=O) groups excluding carboxylic acids is 2. The number of anilines is 1. The van der Waals surface area contributed by atoms with Crippen molar-refractivity contribution in [3.8, 4) is 5.69 Å². The molecule has 3 rings (SSSR count). The molecule has 9 nitrogen and oxygen atoms in total. The lowest BCUT2D eigenvalue weighted by Gasteiger charge is -2.05. The van der Waals surface area contributed by atoms with E-state index in [0.29, 0.717) is 21.5 Å². The Labute approximate surface area is 157 Å². The smallest absolute Gasteiger partial charge is 0.236 e. The summed E-state index contributed by atoms with van der Waals surface area (Å²) in [6.45, 7) is 3.48. The maximum absolute atomic E-state index is 12.1. The zero-order chi connectivity index (χ0) is 18.5. The van der Waals surface area contributed by atoms with E-state index in [2.05, 4.69) is 31.0 Å². The molecule has 11 heteroatoms. The monoisotopic (exact) mass is 389 g/mol. The number of nitrogens with one attached hydrogen (secondary N) is 1. The number of hydrogen-bond acceptors (Lipinski definition) is 9. The van der Waals surface area contributed by atoms with Crippen molar-refractivity contribution in [2.75, 3.05) is 11.1 Å². The second-order valence-corrected chi connectivity index (χ2v) is 7.17. The topological polar surface area (TPSA) is 116 Å². The van der Waals surface area contributed by atoms with Crippen molar-refractivity contribution in [2.45, 2.75) is 25.4 Å². The van der Waals surface area contributed by atoms with E-state index >= 15 is 0 Å². The van der Waals surface area contributed by atoms with Crippen LogP contribution in [0.25, 0.3) is 5.69 Å². The number of aromatic nitrogens is 6. The number of benzene rings is 1.